The van der Waals surface area contributed by atoms with Gasteiger partial charge >= 0.3 is 0 Å². The molecule has 0 saturated heterocycles. The fourth-order valence-electron chi connectivity index (χ4n) is 1.63. The van der Waals surface area contributed by atoms with Crippen molar-refractivity contribution in [3.63, 3.8) is 0 Å². The predicted molar refractivity (Wildman–Crippen MR) is 75.4 cm³/mol. The van der Waals surface area contributed by atoms with Gasteiger partial charge in [0.05, 0.1) is 30.5 Å². The van der Waals surface area contributed by atoms with Crippen LogP contribution in [0, 0.1) is 6.92 Å². The number of nitrogens with zero attached hydrogens (tertiary/aromatic N) is 1. The first-order valence-electron chi connectivity index (χ1n) is 5.72. The van der Waals surface area contributed by atoms with Crippen molar-refractivity contribution in [2.24, 2.45) is 0 Å². The van der Waals surface area contributed by atoms with Gasteiger partial charge in [-0.05, 0) is 25.1 Å². The van der Waals surface area contributed by atoms with E-state index in [1.54, 1.807) is 23.7 Å². The first-order valence-corrected chi connectivity index (χ1v) is 6.60. The number of aromatic nitrogens is 1. The van der Waals surface area contributed by atoms with E-state index in [1.165, 1.54) is 18.4 Å². The second-order valence-corrected chi connectivity index (χ2v) is 4.94. The number of methoxy groups -OCH3 is 1. The molecule has 0 aliphatic carbocycles. The molecule has 1 aromatic carbocycles. The lowest BCUT2D eigenvalue weighted by molar-refractivity contribution is 0.0951. The van der Waals surface area contributed by atoms with Crippen molar-refractivity contribution in [2.75, 3.05) is 12.8 Å². The van der Waals surface area contributed by atoms with Gasteiger partial charge in [0.25, 0.3) is 5.91 Å². The number of aryl methyl sites for hydroxylation is 1. The largest absolute Gasteiger partial charge is 0.495 e. The smallest absolute Gasteiger partial charge is 0.251 e. The first-order chi connectivity index (χ1) is 9.11. The molecule has 0 atom stereocenters. The molecule has 6 heteroatoms. The van der Waals surface area contributed by atoms with E-state index in [0.29, 0.717) is 23.5 Å². The number of hydrogen-bond donors (Lipinski definition) is 2. The molecule has 0 aliphatic rings. The summed E-state index contributed by atoms with van der Waals surface area (Å²) in [4.78, 5) is 17.2. The van der Waals surface area contributed by atoms with Gasteiger partial charge in [-0.2, -0.15) is 0 Å². The Morgan fingerprint density at radius 2 is 2.32 bits per heavy atom. The van der Waals surface area contributed by atoms with Crippen molar-refractivity contribution in [2.45, 2.75) is 13.5 Å². The van der Waals surface area contributed by atoms with E-state index in [1.807, 2.05) is 6.92 Å². The number of thiazole rings is 1. The third-order valence-electron chi connectivity index (χ3n) is 2.75. The molecule has 0 spiro atoms. The lowest BCUT2D eigenvalue weighted by Gasteiger charge is -2.08. The van der Waals surface area contributed by atoms with Crippen LogP contribution in [-0.2, 0) is 6.54 Å². The second-order valence-electron chi connectivity index (χ2n) is 4.00. The minimum Gasteiger partial charge on any atom is -0.495 e. The Morgan fingerprint density at radius 3 is 2.89 bits per heavy atom. The fourth-order valence-corrected chi connectivity index (χ4v) is 2.35. The van der Waals surface area contributed by atoms with Gasteiger partial charge < -0.3 is 15.8 Å². The third kappa shape index (κ3) is 3.03. The van der Waals surface area contributed by atoms with Gasteiger partial charge in [-0.25, -0.2) is 4.98 Å². The van der Waals surface area contributed by atoms with Gasteiger partial charge in [0.2, 0.25) is 0 Å². The number of nitrogens with one attached hydrogen (secondary N) is 1. The van der Waals surface area contributed by atoms with E-state index < -0.39 is 0 Å². The minimum absolute atomic E-state index is 0.165. The zero-order valence-electron chi connectivity index (χ0n) is 10.8. The molecule has 0 saturated carbocycles. The summed E-state index contributed by atoms with van der Waals surface area (Å²) in [6, 6.07) is 4.97. The summed E-state index contributed by atoms with van der Waals surface area (Å²) >= 11 is 1.53. The Morgan fingerprint density at radius 1 is 1.53 bits per heavy atom. The summed E-state index contributed by atoms with van der Waals surface area (Å²) in [6.45, 7) is 2.39. The maximum absolute atomic E-state index is 12.0. The maximum Gasteiger partial charge on any atom is 0.251 e. The Labute approximate surface area is 115 Å². The van der Waals surface area contributed by atoms with E-state index in [2.05, 4.69) is 10.3 Å². The van der Waals surface area contributed by atoms with Gasteiger partial charge in [0.15, 0.2) is 0 Å². The molecular weight excluding hydrogens is 262 g/mol. The van der Waals surface area contributed by atoms with Gasteiger partial charge in [0.1, 0.15) is 5.75 Å². The van der Waals surface area contributed by atoms with Gasteiger partial charge in [-0.15, -0.1) is 11.3 Å². The highest BCUT2D eigenvalue weighted by Crippen LogP contribution is 2.22. The number of hydrogen-bond acceptors (Lipinski definition) is 5. The number of carbonyl (C=O) groups is 1. The van der Waals surface area contributed by atoms with Crippen LogP contribution in [0.3, 0.4) is 0 Å². The summed E-state index contributed by atoms with van der Waals surface area (Å²) < 4.78 is 5.05. The summed E-state index contributed by atoms with van der Waals surface area (Å²) in [5.41, 5.74) is 9.44. The highest BCUT2D eigenvalue weighted by molar-refractivity contribution is 7.09. The Hall–Kier alpha value is -2.08. The number of anilines is 1. The number of rotatable bonds is 4. The highest BCUT2D eigenvalue weighted by atomic mass is 32.1. The van der Waals surface area contributed by atoms with Crippen LogP contribution >= 0.6 is 11.3 Å². The average Bonchev–Trinajstić information content (AvgIpc) is 2.81. The van der Waals surface area contributed by atoms with E-state index in [0.717, 1.165) is 10.6 Å². The van der Waals surface area contributed by atoms with Gasteiger partial charge in [-0.3, -0.25) is 4.79 Å². The van der Waals surface area contributed by atoms with E-state index in [4.69, 9.17) is 10.5 Å². The summed E-state index contributed by atoms with van der Waals surface area (Å²) in [5.74, 6) is 0.400. The van der Waals surface area contributed by atoms with Crippen LogP contribution in [0.25, 0.3) is 0 Å². The van der Waals surface area contributed by atoms with Crippen LogP contribution in [0.2, 0.25) is 0 Å². The summed E-state index contributed by atoms with van der Waals surface area (Å²) in [6.07, 6.45) is 0. The summed E-state index contributed by atoms with van der Waals surface area (Å²) in [7, 11) is 1.54. The lowest BCUT2D eigenvalue weighted by atomic mass is 10.1. The van der Waals surface area contributed by atoms with Crippen molar-refractivity contribution in [3.8, 4) is 5.75 Å². The van der Waals surface area contributed by atoms with Crippen LogP contribution in [0.15, 0.2) is 23.7 Å². The normalized spacial score (nSPS) is 10.2. The van der Waals surface area contributed by atoms with Crippen molar-refractivity contribution in [3.05, 3.63) is 39.8 Å². The van der Waals surface area contributed by atoms with E-state index in [9.17, 15) is 4.79 Å². The van der Waals surface area contributed by atoms with E-state index >= 15 is 0 Å². The maximum atomic E-state index is 12.0. The molecule has 0 aliphatic heterocycles. The zero-order chi connectivity index (χ0) is 13.8. The molecule has 3 N–H and O–H groups in total. The molecule has 2 aromatic rings. The molecule has 0 fully saturated rings. The standard InChI is InChI=1S/C13H15N3O2S/c1-8-12(19-7-16-8)6-15-13(17)9-3-4-11(18-2)10(14)5-9/h3-5,7H,6,14H2,1-2H3,(H,15,17). The summed E-state index contributed by atoms with van der Waals surface area (Å²) in [5, 5.41) is 2.84. The molecule has 1 aromatic heterocycles. The SMILES string of the molecule is COc1ccc(C(=O)NCc2scnc2C)cc1N. The van der Waals surface area contributed by atoms with Crippen molar-refractivity contribution >= 4 is 22.9 Å². The number of nitrogen functional groups attached to an aromatic ring is 1. The molecule has 0 radical (unpaired) electrons. The number of ether oxygens (including phenoxy) is 1. The monoisotopic (exact) mass is 277 g/mol. The predicted octanol–water partition coefficient (Wildman–Crippen LogP) is 1.97. The minimum atomic E-state index is -0.165. The number of nitrogens with two attached hydrogens (primary N) is 1. The quantitative estimate of drug-likeness (QED) is 0.838. The second kappa shape index (κ2) is 5.71. The molecule has 100 valence electrons. The van der Waals surface area contributed by atoms with E-state index in [-0.39, 0.29) is 5.91 Å². The molecule has 0 bridgehead atoms. The lowest BCUT2D eigenvalue weighted by Crippen LogP contribution is -2.22. The highest BCUT2D eigenvalue weighted by Gasteiger charge is 2.09. The van der Waals surface area contributed by atoms with Crippen molar-refractivity contribution in [1.29, 1.82) is 0 Å². The fraction of sp³-hybridized carbons (Fsp3) is 0.231. The third-order valence-corrected chi connectivity index (χ3v) is 3.68. The Kier molecular flexibility index (Phi) is 4.01. The first kappa shape index (κ1) is 13.4. The molecule has 2 rings (SSSR count). The zero-order valence-corrected chi connectivity index (χ0v) is 11.6. The molecular formula is C13H15N3O2S. The Bertz CT molecular complexity index is 595. The molecule has 1 heterocycles. The van der Waals surface area contributed by atoms with Crippen LogP contribution in [0.4, 0.5) is 5.69 Å². The molecule has 19 heavy (non-hydrogen) atoms. The molecule has 0 unspecified atom stereocenters. The Balaban J connectivity index is 2.04. The van der Waals surface area contributed by atoms with Gasteiger partial charge in [0, 0.05) is 10.4 Å². The van der Waals surface area contributed by atoms with Crippen LogP contribution < -0.4 is 15.8 Å². The molecule has 5 nitrogen and oxygen atoms in total. The average molecular weight is 277 g/mol. The number of amides is 1. The topological polar surface area (TPSA) is 77.2 Å². The van der Waals surface area contributed by atoms with Crippen LogP contribution in [0.5, 0.6) is 5.75 Å². The van der Waals surface area contributed by atoms with Crippen molar-refractivity contribution in [1.82, 2.24) is 10.3 Å². The van der Waals surface area contributed by atoms with Crippen LogP contribution in [0.1, 0.15) is 20.9 Å². The van der Waals surface area contributed by atoms with Crippen LogP contribution in [-0.4, -0.2) is 18.0 Å². The molecule has 1 amide bonds. The number of carbonyl (C=O) groups excluding carboxylic acids is 1. The number of benzene rings is 1. The van der Waals surface area contributed by atoms with Gasteiger partial charge in [-0.1, -0.05) is 0 Å². The van der Waals surface area contributed by atoms with Crippen molar-refractivity contribution < 1.29 is 9.53 Å².